The van der Waals surface area contributed by atoms with E-state index >= 15 is 0 Å². The second-order valence-corrected chi connectivity index (χ2v) is 11.1. The summed E-state index contributed by atoms with van der Waals surface area (Å²) < 4.78 is 10.5. The van der Waals surface area contributed by atoms with E-state index in [0.717, 1.165) is 22.7 Å². The van der Waals surface area contributed by atoms with Gasteiger partial charge in [0.1, 0.15) is 11.4 Å². The van der Waals surface area contributed by atoms with Crippen molar-refractivity contribution in [2.24, 2.45) is 0 Å². The fourth-order valence-electron chi connectivity index (χ4n) is 4.65. The summed E-state index contributed by atoms with van der Waals surface area (Å²) in [5.41, 5.74) is 2.84. The first-order valence-electron chi connectivity index (χ1n) is 13.3. The zero-order valence-corrected chi connectivity index (χ0v) is 24.4. The number of fused-ring (bicyclic) bond motifs is 2. The summed E-state index contributed by atoms with van der Waals surface area (Å²) in [6.07, 6.45) is -1.35. The number of amides is 3. The van der Waals surface area contributed by atoms with Crippen molar-refractivity contribution in [3.05, 3.63) is 82.9 Å². The number of anilines is 3. The third kappa shape index (κ3) is 7.10. The van der Waals surface area contributed by atoms with Gasteiger partial charge in [0.25, 0.3) is 5.91 Å². The molecule has 0 saturated heterocycles. The van der Waals surface area contributed by atoms with E-state index in [1.54, 1.807) is 51.0 Å². The van der Waals surface area contributed by atoms with Crippen LogP contribution in [0.15, 0.2) is 66.7 Å². The molecule has 41 heavy (non-hydrogen) atoms. The Morgan fingerprint density at radius 3 is 2.20 bits per heavy atom. The molecule has 3 aromatic carbocycles. The van der Waals surface area contributed by atoms with E-state index in [4.69, 9.17) is 21.1 Å². The highest BCUT2D eigenvalue weighted by Crippen LogP contribution is 2.42. The molecule has 216 valence electrons. The number of hydrogen-bond acceptors (Lipinski definition) is 6. The molecule has 0 unspecified atom stereocenters. The maximum Gasteiger partial charge on any atom is 0.419 e. The molecule has 3 aromatic rings. The van der Waals surface area contributed by atoms with Crippen LogP contribution < -0.4 is 14.5 Å². The van der Waals surface area contributed by atoms with Crippen LogP contribution in [0.1, 0.15) is 49.5 Å². The number of benzene rings is 3. The molecule has 4 rings (SSSR count). The minimum atomic E-state index is -1.36. The fourth-order valence-corrected chi connectivity index (χ4v) is 4.81. The van der Waals surface area contributed by atoms with Crippen molar-refractivity contribution in [2.45, 2.75) is 45.8 Å². The SMILES string of the molecule is COc1ccc(CN2C(=O)c3ccc(Cl)cc3N(CCCCN(C(=O)O)C(=O)OC(C)(C)C)c3ccccc32)cc1. The molecular formula is C31H34ClN3O6. The van der Waals surface area contributed by atoms with Crippen LogP contribution in [0.25, 0.3) is 0 Å². The first kappa shape index (κ1) is 29.7. The highest BCUT2D eigenvalue weighted by atomic mass is 35.5. The molecule has 0 aromatic heterocycles. The maximum atomic E-state index is 14.0. The Bertz CT molecular complexity index is 1420. The van der Waals surface area contributed by atoms with Crippen molar-refractivity contribution >= 4 is 46.8 Å². The predicted octanol–water partition coefficient (Wildman–Crippen LogP) is 7.34. The van der Waals surface area contributed by atoms with E-state index in [2.05, 4.69) is 0 Å². The first-order chi connectivity index (χ1) is 19.5. The van der Waals surface area contributed by atoms with Crippen LogP contribution >= 0.6 is 11.6 Å². The summed E-state index contributed by atoms with van der Waals surface area (Å²) >= 11 is 6.40. The Kier molecular flexibility index (Phi) is 9.08. The summed E-state index contributed by atoms with van der Waals surface area (Å²) in [4.78, 5) is 42.6. The molecule has 1 heterocycles. The van der Waals surface area contributed by atoms with E-state index < -0.39 is 17.8 Å². The van der Waals surface area contributed by atoms with E-state index in [9.17, 15) is 19.5 Å². The van der Waals surface area contributed by atoms with Crippen LogP contribution in [0.5, 0.6) is 5.75 Å². The summed E-state index contributed by atoms with van der Waals surface area (Å²) in [7, 11) is 1.61. The van der Waals surface area contributed by atoms with Crippen LogP contribution in [-0.4, -0.2) is 53.9 Å². The number of imide groups is 1. The second-order valence-electron chi connectivity index (χ2n) is 10.7. The molecule has 9 nitrogen and oxygen atoms in total. The molecule has 1 aliphatic rings. The minimum absolute atomic E-state index is 0.0232. The third-order valence-corrected chi connectivity index (χ3v) is 6.78. The van der Waals surface area contributed by atoms with Crippen LogP contribution in [0, 0.1) is 0 Å². The van der Waals surface area contributed by atoms with Gasteiger partial charge in [-0.15, -0.1) is 0 Å². The lowest BCUT2D eigenvalue weighted by Gasteiger charge is -2.28. The van der Waals surface area contributed by atoms with Gasteiger partial charge in [-0.25, -0.2) is 14.5 Å². The minimum Gasteiger partial charge on any atom is -0.497 e. The number of hydrogen-bond donors (Lipinski definition) is 1. The van der Waals surface area contributed by atoms with Gasteiger partial charge < -0.3 is 24.4 Å². The number of carbonyl (C=O) groups excluding carboxylic acids is 2. The number of unbranched alkanes of at least 4 members (excludes halogenated alkanes) is 1. The highest BCUT2D eigenvalue weighted by molar-refractivity contribution is 6.31. The lowest BCUT2D eigenvalue weighted by atomic mass is 10.1. The van der Waals surface area contributed by atoms with Crippen molar-refractivity contribution in [1.29, 1.82) is 0 Å². The van der Waals surface area contributed by atoms with Crippen molar-refractivity contribution in [2.75, 3.05) is 30.0 Å². The number of para-hydroxylation sites is 2. The number of carboxylic acid groups (broad SMARTS) is 1. The monoisotopic (exact) mass is 579 g/mol. The molecule has 0 radical (unpaired) electrons. The zero-order valence-electron chi connectivity index (χ0n) is 23.6. The molecule has 0 aliphatic carbocycles. The van der Waals surface area contributed by atoms with Crippen molar-refractivity contribution in [3.63, 3.8) is 0 Å². The molecule has 0 saturated carbocycles. The molecule has 0 fully saturated rings. The molecular weight excluding hydrogens is 546 g/mol. The Morgan fingerprint density at radius 2 is 1.59 bits per heavy atom. The predicted molar refractivity (Wildman–Crippen MR) is 159 cm³/mol. The van der Waals surface area contributed by atoms with E-state index in [-0.39, 0.29) is 12.5 Å². The molecule has 1 aliphatic heterocycles. The summed E-state index contributed by atoms with van der Waals surface area (Å²) in [6, 6.07) is 20.4. The standard InChI is InChI=1S/C31H34ClN3O6/c1-31(2,3)41-30(39)34(29(37)38)18-8-7-17-33-25-9-5-6-10-26(25)35(20-21-11-14-23(40-4)15-12-21)28(36)24-16-13-22(32)19-27(24)33/h5-6,9-16,19H,7-8,17-18,20H2,1-4H3,(H,37,38). The van der Waals surface area contributed by atoms with Crippen LogP contribution in [0.2, 0.25) is 5.02 Å². The first-order valence-corrected chi connectivity index (χ1v) is 13.7. The number of carbonyl (C=O) groups is 3. The summed E-state index contributed by atoms with van der Waals surface area (Å²) in [6.45, 7) is 5.83. The lowest BCUT2D eigenvalue weighted by molar-refractivity contribution is 0.0267. The smallest absolute Gasteiger partial charge is 0.419 e. The van der Waals surface area contributed by atoms with Gasteiger partial charge in [-0.05, 0) is 81.6 Å². The summed E-state index contributed by atoms with van der Waals surface area (Å²) in [5, 5.41) is 10.1. The fraction of sp³-hybridized carbons (Fsp3) is 0.323. The second kappa shape index (κ2) is 12.5. The number of nitrogens with zero attached hydrogens (tertiary/aromatic N) is 3. The normalized spacial score (nSPS) is 12.8. The zero-order chi connectivity index (χ0) is 29.7. The number of rotatable bonds is 8. The van der Waals surface area contributed by atoms with Gasteiger partial charge >= 0.3 is 12.2 Å². The van der Waals surface area contributed by atoms with Crippen molar-refractivity contribution in [1.82, 2.24) is 4.90 Å². The Labute approximate surface area is 244 Å². The van der Waals surface area contributed by atoms with Gasteiger partial charge in [0.05, 0.1) is 36.3 Å². The van der Waals surface area contributed by atoms with Gasteiger partial charge in [0.2, 0.25) is 0 Å². The van der Waals surface area contributed by atoms with Crippen molar-refractivity contribution < 1.29 is 29.0 Å². The maximum absolute atomic E-state index is 14.0. The summed E-state index contributed by atoms with van der Waals surface area (Å²) in [5.74, 6) is 0.569. The average molecular weight is 580 g/mol. The molecule has 0 bridgehead atoms. The molecule has 0 atom stereocenters. The van der Waals surface area contributed by atoms with Gasteiger partial charge in [0.15, 0.2) is 0 Å². The molecule has 10 heteroatoms. The van der Waals surface area contributed by atoms with E-state index in [0.29, 0.717) is 47.1 Å². The largest absolute Gasteiger partial charge is 0.497 e. The number of methoxy groups -OCH3 is 1. The van der Waals surface area contributed by atoms with Gasteiger partial charge in [0, 0.05) is 18.1 Å². The Balaban J connectivity index is 1.61. The highest BCUT2D eigenvalue weighted by Gasteiger charge is 2.31. The average Bonchev–Trinajstić information content (AvgIpc) is 3.01. The van der Waals surface area contributed by atoms with Gasteiger partial charge in [-0.1, -0.05) is 35.9 Å². The number of halogens is 1. The third-order valence-electron chi connectivity index (χ3n) is 6.55. The van der Waals surface area contributed by atoms with Crippen molar-refractivity contribution in [3.8, 4) is 5.75 Å². The number of ether oxygens (including phenoxy) is 2. The van der Waals surface area contributed by atoms with Crippen LogP contribution in [0.3, 0.4) is 0 Å². The van der Waals surface area contributed by atoms with E-state index in [1.807, 2.05) is 53.4 Å². The quantitative estimate of drug-likeness (QED) is 0.279. The van der Waals surface area contributed by atoms with Gasteiger partial charge in [-0.2, -0.15) is 0 Å². The molecule has 0 spiro atoms. The van der Waals surface area contributed by atoms with Crippen LogP contribution in [-0.2, 0) is 11.3 Å². The van der Waals surface area contributed by atoms with Gasteiger partial charge in [-0.3, -0.25) is 4.79 Å². The van der Waals surface area contributed by atoms with E-state index in [1.165, 1.54) is 0 Å². The molecule has 1 N–H and O–H groups in total. The Hall–Kier alpha value is -4.24. The van der Waals surface area contributed by atoms with Crippen LogP contribution in [0.4, 0.5) is 26.7 Å². The topological polar surface area (TPSA) is 99.6 Å². The molecule has 3 amide bonds. The lowest BCUT2D eigenvalue weighted by Crippen LogP contribution is -2.40. The Morgan fingerprint density at radius 1 is 0.927 bits per heavy atom.